The van der Waals surface area contributed by atoms with E-state index in [1.165, 1.54) is 4.90 Å². The molecule has 1 unspecified atom stereocenters. The second-order valence-electron chi connectivity index (χ2n) is 5.56. The first-order valence-corrected chi connectivity index (χ1v) is 9.52. The van der Waals surface area contributed by atoms with Gasteiger partial charge in [-0.1, -0.05) is 11.6 Å². The van der Waals surface area contributed by atoms with E-state index in [-0.39, 0.29) is 18.1 Å². The predicted octanol–water partition coefficient (Wildman–Crippen LogP) is 1.62. The number of benzene rings is 1. The van der Waals surface area contributed by atoms with Crippen LogP contribution in [0, 0.1) is 6.92 Å². The van der Waals surface area contributed by atoms with Gasteiger partial charge in [-0.15, -0.1) is 0 Å². The third kappa shape index (κ3) is 4.23. The maximum Gasteiger partial charge on any atom is 0.313 e. The van der Waals surface area contributed by atoms with Gasteiger partial charge in [-0.05, 0) is 44.0 Å². The highest BCUT2D eigenvalue weighted by Crippen LogP contribution is 2.21. The molecule has 2 rings (SSSR count). The van der Waals surface area contributed by atoms with Crippen LogP contribution in [0.5, 0.6) is 0 Å². The molecule has 23 heavy (non-hydrogen) atoms. The molecule has 0 radical (unpaired) electrons. The van der Waals surface area contributed by atoms with Gasteiger partial charge in [0.25, 0.3) is 0 Å². The van der Waals surface area contributed by atoms with Crippen LogP contribution in [0.25, 0.3) is 0 Å². The largest absolute Gasteiger partial charge is 0.331 e. The van der Waals surface area contributed by atoms with Crippen molar-refractivity contribution in [3.63, 3.8) is 0 Å². The monoisotopic (exact) mass is 358 g/mol. The summed E-state index contributed by atoms with van der Waals surface area (Å²) in [6.45, 7) is 3.78. The van der Waals surface area contributed by atoms with E-state index >= 15 is 0 Å². The topological polar surface area (TPSA) is 83.6 Å². The first-order valence-electron chi connectivity index (χ1n) is 7.32. The minimum Gasteiger partial charge on any atom is -0.331 e. The molecule has 1 aliphatic heterocycles. The Kier molecular flexibility index (Phi) is 5.31. The van der Waals surface area contributed by atoms with E-state index in [1.807, 2.05) is 0 Å². The Morgan fingerprint density at radius 1 is 1.39 bits per heavy atom. The van der Waals surface area contributed by atoms with Gasteiger partial charge in [0.05, 0.1) is 11.5 Å². The molecular weight excluding hydrogens is 340 g/mol. The number of likely N-dealkylation sites (N-methyl/N-ethyl adjacent to an activating group) is 1. The number of carbonyl (C=O) groups is 2. The lowest BCUT2D eigenvalue weighted by Crippen LogP contribution is -2.46. The van der Waals surface area contributed by atoms with Crippen molar-refractivity contribution in [3.8, 4) is 0 Å². The van der Waals surface area contributed by atoms with Gasteiger partial charge in [-0.25, -0.2) is 8.42 Å². The van der Waals surface area contributed by atoms with E-state index in [2.05, 4.69) is 5.32 Å². The number of anilines is 1. The summed E-state index contributed by atoms with van der Waals surface area (Å²) in [7, 11) is -3.12. The fourth-order valence-corrected chi connectivity index (χ4v) is 4.62. The molecule has 1 atom stereocenters. The summed E-state index contributed by atoms with van der Waals surface area (Å²) < 4.78 is 23.1. The number of carbonyl (C=O) groups excluding carboxylic acids is 2. The molecule has 6 nitrogen and oxygen atoms in total. The average Bonchev–Trinajstić information content (AvgIpc) is 2.82. The second kappa shape index (κ2) is 6.88. The van der Waals surface area contributed by atoms with Gasteiger partial charge in [-0.2, -0.15) is 0 Å². The number of hydrogen-bond acceptors (Lipinski definition) is 4. The molecule has 0 spiro atoms. The number of rotatable bonds is 3. The van der Waals surface area contributed by atoms with E-state index in [4.69, 9.17) is 11.6 Å². The number of sulfone groups is 1. The zero-order chi connectivity index (χ0) is 17.2. The number of halogens is 1. The van der Waals surface area contributed by atoms with Crippen LogP contribution < -0.4 is 5.32 Å². The lowest BCUT2D eigenvalue weighted by molar-refractivity contribution is -0.144. The Balaban J connectivity index is 2.10. The lowest BCUT2D eigenvalue weighted by atomic mass is 10.2. The van der Waals surface area contributed by atoms with Crippen LogP contribution in [0.15, 0.2) is 18.2 Å². The molecular formula is C15H19ClN2O4S. The van der Waals surface area contributed by atoms with Crippen LogP contribution in [0.2, 0.25) is 5.02 Å². The summed E-state index contributed by atoms with van der Waals surface area (Å²) >= 11 is 5.86. The fraction of sp³-hybridized carbons (Fsp3) is 0.467. The van der Waals surface area contributed by atoms with Gasteiger partial charge in [0, 0.05) is 23.3 Å². The Morgan fingerprint density at radius 3 is 2.61 bits per heavy atom. The van der Waals surface area contributed by atoms with Crippen molar-refractivity contribution in [2.24, 2.45) is 0 Å². The summed E-state index contributed by atoms with van der Waals surface area (Å²) in [4.78, 5) is 25.9. The van der Waals surface area contributed by atoms with E-state index < -0.39 is 27.7 Å². The molecule has 1 aromatic rings. The van der Waals surface area contributed by atoms with Gasteiger partial charge in [-0.3, -0.25) is 9.59 Å². The molecule has 0 aliphatic carbocycles. The van der Waals surface area contributed by atoms with Gasteiger partial charge >= 0.3 is 11.8 Å². The third-order valence-electron chi connectivity index (χ3n) is 3.88. The van der Waals surface area contributed by atoms with Crippen molar-refractivity contribution >= 4 is 38.9 Å². The van der Waals surface area contributed by atoms with Crippen LogP contribution in [0.4, 0.5) is 5.69 Å². The van der Waals surface area contributed by atoms with Crippen molar-refractivity contribution in [2.75, 3.05) is 23.4 Å². The molecule has 1 saturated heterocycles. The standard InChI is InChI=1S/C15H19ClN2O4S/c1-3-18(12-6-7-23(21,22)9-12)15(20)14(19)17-13-5-4-11(16)8-10(13)2/h4-5,8,12H,3,6-7,9H2,1-2H3,(H,17,19). The van der Waals surface area contributed by atoms with E-state index in [0.717, 1.165) is 5.56 Å². The SMILES string of the molecule is CCN(C(=O)C(=O)Nc1ccc(Cl)cc1C)C1CCS(=O)(=O)C1. The highest BCUT2D eigenvalue weighted by Gasteiger charge is 2.36. The van der Waals surface area contributed by atoms with Crippen LogP contribution in [-0.2, 0) is 19.4 Å². The molecule has 1 N–H and O–H groups in total. The molecule has 1 aromatic carbocycles. The Morgan fingerprint density at radius 2 is 2.09 bits per heavy atom. The smallest absolute Gasteiger partial charge is 0.313 e. The summed E-state index contributed by atoms with van der Waals surface area (Å²) in [5.74, 6) is -1.52. The normalized spacial score (nSPS) is 19.3. The van der Waals surface area contributed by atoms with Crippen molar-refractivity contribution in [1.82, 2.24) is 4.90 Å². The summed E-state index contributed by atoms with van der Waals surface area (Å²) in [6.07, 6.45) is 0.370. The molecule has 1 fully saturated rings. The van der Waals surface area contributed by atoms with Gasteiger partial charge in [0.15, 0.2) is 9.84 Å². The van der Waals surface area contributed by atoms with E-state index in [1.54, 1.807) is 32.0 Å². The highest BCUT2D eigenvalue weighted by molar-refractivity contribution is 7.91. The van der Waals surface area contributed by atoms with Gasteiger partial charge < -0.3 is 10.2 Å². The van der Waals surface area contributed by atoms with Crippen LogP contribution in [-0.4, -0.2) is 49.2 Å². The summed E-state index contributed by atoms with van der Waals surface area (Å²) in [6, 6.07) is 4.49. The van der Waals surface area contributed by atoms with Crippen LogP contribution in [0.3, 0.4) is 0 Å². The van der Waals surface area contributed by atoms with Gasteiger partial charge in [0.2, 0.25) is 0 Å². The molecule has 126 valence electrons. The van der Waals surface area contributed by atoms with Crippen LogP contribution in [0.1, 0.15) is 18.9 Å². The molecule has 8 heteroatoms. The molecule has 0 aromatic heterocycles. The van der Waals surface area contributed by atoms with E-state index in [0.29, 0.717) is 17.1 Å². The number of nitrogens with zero attached hydrogens (tertiary/aromatic N) is 1. The van der Waals surface area contributed by atoms with E-state index in [9.17, 15) is 18.0 Å². The number of aryl methyl sites for hydroxylation is 1. The van der Waals surface area contributed by atoms with Crippen molar-refractivity contribution in [3.05, 3.63) is 28.8 Å². The molecule has 2 amide bonds. The molecule has 1 heterocycles. The molecule has 1 aliphatic rings. The summed E-state index contributed by atoms with van der Waals surface area (Å²) in [5, 5.41) is 3.10. The Hall–Kier alpha value is -1.60. The number of amides is 2. The quantitative estimate of drug-likeness (QED) is 0.832. The Labute approximate surface area is 140 Å². The predicted molar refractivity (Wildman–Crippen MR) is 89.3 cm³/mol. The lowest BCUT2D eigenvalue weighted by Gasteiger charge is -2.26. The third-order valence-corrected chi connectivity index (χ3v) is 5.87. The van der Waals surface area contributed by atoms with Crippen LogP contribution >= 0.6 is 11.6 Å². The molecule has 0 saturated carbocycles. The zero-order valence-corrected chi connectivity index (χ0v) is 14.6. The number of nitrogens with one attached hydrogen (secondary N) is 1. The maximum atomic E-state index is 12.3. The maximum absolute atomic E-state index is 12.3. The molecule has 0 bridgehead atoms. The van der Waals surface area contributed by atoms with Crippen molar-refractivity contribution in [1.29, 1.82) is 0 Å². The summed E-state index contributed by atoms with van der Waals surface area (Å²) in [5.41, 5.74) is 1.24. The van der Waals surface area contributed by atoms with Crippen molar-refractivity contribution < 1.29 is 18.0 Å². The zero-order valence-electron chi connectivity index (χ0n) is 13.0. The Bertz CT molecular complexity index is 733. The van der Waals surface area contributed by atoms with Crippen molar-refractivity contribution in [2.45, 2.75) is 26.3 Å². The number of hydrogen-bond donors (Lipinski definition) is 1. The minimum absolute atomic E-state index is 0.0549. The van der Waals surface area contributed by atoms with Gasteiger partial charge in [0.1, 0.15) is 0 Å². The second-order valence-corrected chi connectivity index (χ2v) is 8.23. The fourth-order valence-electron chi connectivity index (χ4n) is 2.66. The average molecular weight is 359 g/mol. The highest BCUT2D eigenvalue weighted by atomic mass is 35.5. The first kappa shape index (κ1) is 17.7. The first-order chi connectivity index (χ1) is 10.7. The minimum atomic E-state index is -3.12.